The van der Waals surface area contributed by atoms with E-state index in [1.807, 2.05) is 6.92 Å². The van der Waals surface area contributed by atoms with Gasteiger partial charge in [-0.3, -0.25) is 0 Å². The molecule has 0 spiro atoms. The number of aliphatic hydroxyl groups is 1. The van der Waals surface area contributed by atoms with Gasteiger partial charge in [0.25, 0.3) is 0 Å². The first-order chi connectivity index (χ1) is 13.3. The Labute approximate surface area is 172 Å². The van der Waals surface area contributed by atoms with Gasteiger partial charge in [0.15, 0.2) is 0 Å². The third kappa shape index (κ3) is 4.20. The molecule has 1 nitrogen and oxygen atoms in total. The molecule has 0 aliphatic heterocycles. The second-order valence-electron chi connectivity index (χ2n) is 9.58. The zero-order valence-corrected chi connectivity index (χ0v) is 18.5. The van der Waals surface area contributed by atoms with E-state index in [9.17, 15) is 5.11 Å². The van der Waals surface area contributed by atoms with Crippen molar-refractivity contribution in [1.82, 2.24) is 0 Å². The van der Waals surface area contributed by atoms with Gasteiger partial charge in [-0.1, -0.05) is 98.1 Å². The average Bonchev–Trinajstić information content (AvgIpc) is 3.35. The third-order valence-corrected chi connectivity index (χ3v) is 7.68. The average molecular weight is 379 g/mol. The van der Waals surface area contributed by atoms with E-state index < -0.39 is 5.60 Å². The van der Waals surface area contributed by atoms with E-state index in [4.69, 9.17) is 0 Å². The lowest BCUT2D eigenvalue weighted by Gasteiger charge is -2.47. The number of rotatable bonds is 8. The molecule has 0 aromatic carbocycles. The Balaban J connectivity index is 1.57. The minimum absolute atomic E-state index is 0.141. The lowest BCUT2D eigenvalue weighted by molar-refractivity contribution is -0.0656. The zero-order valence-electron chi connectivity index (χ0n) is 18.5. The summed E-state index contributed by atoms with van der Waals surface area (Å²) in [5.74, 6) is 0.141. The van der Waals surface area contributed by atoms with Crippen molar-refractivity contribution in [2.24, 2.45) is 11.3 Å². The van der Waals surface area contributed by atoms with Crippen LogP contribution in [0.4, 0.5) is 0 Å². The summed E-state index contributed by atoms with van der Waals surface area (Å²) in [5.41, 5.74) is 6.39. The molecule has 0 aromatic rings. The monoisotopic (exact) mass is 378 g/mol. The van der Waals surface area contributed by atoms with Crippen LogP contribution in [0.15, 0.2) is 70.4 Å². The molecule has 0 bridgehead atoms. The highest BCUT2D eigenvalue weighted by atomic mass is 16.3. The Bertz CT molecular complexity index is 777. The summed E-state index contributed by atoms with van der Waals surface area (Å²) < 4.78 is 0. The maximum Gasteiger partial charge on any atom is 0.0769 e. The third-order valence-electron chi connectivity index (χ3n) is 7.68. The lowest BCUT2D eigenvalue weighted by Crippen LogP contribution is -2.49. The summed E-state index contributed by atoms with van der Waals surface area (Å²) in [7, 11) is 0. The fourth-order valence-electron chi connectivity index (χ4n) is 4.81. The van der Waals surface area contributed by atoms with Gasteiger partial charge in [0.05, 0.1) is 5.60 Å². The summed E-state index contributed by atoms with van der Waals surface area (Å²) in [5, 5.41) is 11.6. The normalized spacial score (nSPS) is 22.9. The van der Waals surface area contributed by atoms with Crippen LogP contribution in [0.2, 0.25) is 0 Å². The van der Waals surface area contributed by atoms with E-state index in [0.717, 1.165) is 25.7 Å². The van der Waals surface area contributed by atoms with Crippen LogP contribution in [0.3, 0.4) is 0 Å². The van der Waals surface area contributed by atoms with Crippen LogP contribution in [0.25, 0.3) is 0 Å². The van der Waals surface area contributed by atoms with Gasteiger partial charge in [0.2, 0.25) is 0 Å². The molecule has 3 aliphatic rings. The summed E-state index contributed by atoms with van der Waals surface area (Å²) >= 11 is 0. The molecule has 28 heavy (non-hydrogen) atoms. The fraction of sp³-hybridized carbons (Fsp3) is 0.556. The molecule has 3 aliphatic carbocycles. The highest BCUT2D eigenvalue weighted by Gasteiger charge is 2.46. The number of allylic oxidation sites excluding steroid dienone is 10. The Hall–Kier alpha value is -1.60. The Morgan fingerprint density at radius 3 is 2.18 bits per heavy atom. The Kier molecular flexibility index (Phi) is 6.34. The van der Waals surface area contributed by atoms with E-state index >= 15 is 0 Å². The lowest BCUT2D eigenvalue weighted by atomic mass is 9.62. The van der Waals surface area contributed by atoms with Gasteiger partial charge in [0.1, 0.15) is 0 Å². The van der Waals surface area contributed by atoms with Gasteiger partial charge in [-0.15, -0.1) is 0 Å². The van der Waals surface area contributed by atoms with Gasteiger partial charge >= 0.3 is 0 Å². The van der Waals surface area contributed by atoms with Crippen LogP contribution in [0, 0.1) is 11.3 Å². The van der Waals surface area contributed by atoms with Crippen LogP contribution in [-0.4, -0.2) is 10.7 Å². The van der Waals surface area contributed by atoms with E-state index in [0.29, 0.717) is 0 Å². The van der Waals surface area contributed by atoms with Gasteiger partial charge in [-0.25, -0.2) is 0 Å². The quantitative estimate of drug-likeness (QED) is 0.467. The summed E-state index contributed by atoms with van der Waals surface area (Å²) in [6, 6.07) is 0. The van der Waals surface area contributed by atoms with Crippen LogP contribution in [0.5, 0.6) is 0 Å². The summed E-state index contributed by atoms with van der Waals surface area (Å²) in [6.45, 7) is 10.9. The highest BCUT2D eigenvalue weighted by Crippen LogP contribution is 2.48. The smallest absolute Gasteiger partial charge is 0.0769 e. The van der Waals surface area contributed by atoms with Crippen molar-refractivity contribution in [3.05, 3.63) is 70.4 Å². The minimum Gasteiger partial charge on any atom is -0.389 e. The van der Waals surface area contributed by atoms with Crippen molar-refractivity contribution in [2.75, 3.05) is 0 Å². The molecular formula is C27H38O. The van der Waals surface area contributed by atoms with E-state index in [1.165, 1.54) is 36.0 Å². The molecule has 0 saturated heterocycles. The SMILES string of the molecule is CCC1=CC=C(CCC2=CC=C(C(C)C(C)(O)C(C)(C)C3=CC=CCC3)C2)C1. The molecule has 0 saturated carbocycles. The van der Waals surface area contributed by atoms with E-state index in [1.54, 1.807) is 11.1 Å². The van der Waals surface area contributed by atoms with Crippen molar-refractivity contribution in [3.8, 4) is 0 Å². The molecule has 3 rings (SSSR count). The number of hydrogen-bond donors (Lipinski definition) is 1. The topological polar surface area (TPSA) is 20.2 Å². The second-order valence-corrected chi connectivity index (χ2v) is 9.58. The van der Waals surface area contributed by atoms with Crippen LogP contribution < -0.4 is 0 Å². The largest absolute Gasteiger partial charge is 0.389 e. The van der Waals surface area contributed by atoms with Crippen LogP contribution >= 0.6 is 0 Å². The fourth-order valence-corrected chi connectivity index (χ4v) is 4.81. The maximum absolute atomic E-state index is 11.6. The molecule has 152 valence electrons. The molecule has 0 amide bonds. The van der Waals surface area contributed by atoms with Crippen molar-refractivity contribution >= 4 is 0 Å². The predicted molar refractivity (Wildman–Crippen MR) is 121 cm³/mol. The Morgan fingerprint density at radius 2 is 1.57 bits per heavy atom. The molecule has 2 unspecified atom stereocenters. The summed E-state index contributed by atoms with van der Waals surface area (Å²) in [6.07, 6.45) is 23.6. The molecule has 0 radical (unpaired) electrons. The first-order valence-corrected chi connectivity index (χ1v) is 11.1. The van der Waals surface area contributed by atoms with Crippen molar-refractivity contribution in [2.45, 2.75) is 85.2 Å². The Morgan fingerprint density at radius 1 is 0.929 bits per heavy atom. The van der Waals surface area contributed by atoms with E-state index in [-0.39, 0.29) is 11.3 Å². The molecule has 1 heteroatoms. The first-order valence-electron chi connectivity index (χ1n) is 11.1. The molecule has 0 heterocycles. The minimum atomic E-state index is -0.771. The van der Waals surface area contributed by atoms with Gasteiger partial charge < -0.3 is 5.11 Å². The van der Waals surface area contributed by atoms with Crippen molar-refractivity contribution in [1.29, 1.82) is 0 Å². The molecular weight excluding hydrogens is 340 g/mol. The maximum atomic E-state index is 11.6. The van der Waals surface area contributed by atoms with Gasteiger partial charge in [-0.2, -0.15) is 0 Å². The summed E-state index contributed by atoms with van der Waals surface area (Å²) in [4.78, 5) is 0. The van der Waals surface area contributed by atoms with Crippen molar-refractivity contribution in [3.63, 3.8) is 0 Å². The molecule has 1 N–H and O–H groups in total. The predicted octanol–water partition coefficient (Wildman–Crippen LogP) is 7.38. The van der Waals surface area contributed by atoms with E-state index in [2.05, 4.69) is 70.2 Å². The number of hydrogen-bond acceptors (Lipinski definition) is 1. The van der Waals surface area contributed by atoms with Gasteiger partial charge in [0, 0.05) is 11.3 Å². The molecule has 0 aromatic heterocycles. The second kappa shape index (κ2) is 8.41. The molecule has 0 fully saturated rings. The zero-order chi connectivity index (χ0) is 20.4. The van der Waals surface area contributed by atoms with Crippen LogP contribution in [0.1, 0.15) is 79.6 Å². The molecule has 2 atom stereocenters. The van der Waals surface area contributed by atoms with Gasteiger partial charge in [-0.05, 0) is 51.9 Å². The highest BCUT2D eigenvalue weighted by molar-refractivity contribution is 5.37. The van der Waals surface area contributed by atoms with Crippen molar-refractivity contribution < 1.29 is 5.11 Å². The first kappa shape index (κ1) is 21.1. The van der Waals surface area contributed by atoms with Crippen LogP contribution in [-0.2, 0) is 0 Å². The standard InChI is InChI=1S/C27H38O/c1-6-21-12-13-22(18-21)14-15-23-16-17-24(19-23)20(2)27(5,28)26(3,4)25-10-8-7-9-11-25/h7-8,10,12-13,16-17,20,28H,6,9,11,14-15,18-19H2,1-5H3.